The molecule has 0 bridgehead atoms. The summed E-state index contributed by atoms with van der Waals surface area (Å²) >= 11 is 0. The largest absolute Gasteiger partial charge is 0.508 e. The van der Waals surface area contributed by atoms with E-state index in [1.54, 1.807) is 17.0 Å². The van der Waals surface area contributed by atoms with E-state index < -0.39 is 5.60 Å². The van der Waals surface area contributed by atoms with Crippen LogP contribution in [-0.2, 0) is 4.74 Å². The molecule has 1 amide bonds. The molecule has 3 aromatic rings. The maximum Gasteiger partial charge on any atom is 0.410 e. The molecule has 1 aliphatic heterocycles. The smallest absolute Gasteiger partial charge is 0.410 e. The number of aromatic nitrogens is 2. The summed E-state index contributed by atoms with van der Waals surface area (Å²) in [4.78, 5) is 14.2. The van der Waals surface area contributed by atoms with Crippen molar-refractivity contribution >= 4 is 17.2 Å². The van der Waals surface area contributed by atoms with Gasteiger partial charge in [-0.2, -0.15) is 5.10 Å². The standard InChI is InChI=1S/C30H37N3O4/c1-30(2,3)37-29(36)32-17-15-25(16-18-32)33-21-24(20-31-33)28(23-11-13-26(35)14-12-23)27(10-7-19-34)22-8-5-4-6-9-22/h4-6,8-9,11-14,20-21,25,34-35H,7,10,15-19H2,1-3H3/b28-27-. The van der Waals surface area contributed by atoms with Crippen LogP contribution in [0.4, 0.5) is 4.79 Å². The van der Waals surface area contributed by atoms with Crippen molar-refractivity contribution in [2.75, 3.05) is 19.7 Å². The summed E-state index contributed by atoms with van der Waals surface area (Å²) in [5.41, 5.74) is 4.72. The molecule has 0 unspecified atom stereocenters. The van der Waals surface area contributed by atoms with Crippen LogP contribution in [0.5, 0.6) is 5.75 Å². The minimum Gasteiger partial charge on any atom is -0.508 e. The quantitative estimate of drug-likeness (QED) is 0.393. The number of aromatic hydroxyl groups is 1. The van der Waals surface area contributed by atoms with Crippen LogP contribution in [0.2, 0.25) is 0 Å². The first-order chi connectivity index (χ1) is 17.7. The van der Waals surface area contributed by atoms with E-state index in [-0.39, 0.29) is 24.5 Å². The van der Waals surface area contributed by atoms with E-state index in [2.05, 4.69) is 18.3 Å². The van der Waals surface area contributed by atoms with E-state index in [1.165, 1.54) is 0 Å². The molecule has 196 valence electrons. The molecule has 0 spiro atoms. The summed E-state index contributed by atoms with van der Waals surface area (Å²) in [6.07, 6.45) is 6.66. The highest BCUT2D eigenvalue weighted by atomic mass is 16.6. The van der Waals surface area contributed by atoms with Gasteiger partial charge >= 0.3 is 6.09 Å². The minimum absolute atomic E-state index is 0.106. The Balaban J connectivity index is 1.64. The highest BCUT2D eigenvalue weighted by Crippen LogP contribution is 2.36. The number of nitrogens with zero attached hydrogens (tertiary/aromatic N) is 3. The van der Waals surface area contributed by atoms with Gasteiger partial charge < -0.3 is 19.8 Å². The van der Waals surface area contributed by atoms with E-state index >= 15 is 0 Å². The second kappa shape index (κ2) is 11.6. The number of carbonyl (C=O) groups excluding carboxylic acids is 1. The fourth-order valence-electron chi connectivity index (χ4n) is 4.76. The van der Waals surface area contributed by atoms with Crippen LogP contribution in [0.25, 0.3) is 11.1 Å². The average molecular weight is 504 g/mol. The van der Waals surface area contributed by atoms with E-state index in [0.29, 0.717) is 25.9 Å². The number of rotatable bonds is 7. The lowest BCUT2D eigenvalue weighted by atomic mass is 9.88. The van der Waals surface area contributed by atoms with Gasteiger partial charge in [0.25, 0.3) is 0 Å². The van der Waals surface area contributed by atoms with Gasteiger partial charge in [0.2, 0.25) is 0 Å². The zero-order valence-electron chi connectivity index (χ0n) is 21.9. The number of aliphatic hydroxyl groups is 1. The second-order valence-electron chi connectivity index (χ2n) is 10.5. The molecule has 0 aliphatic carbocycles. The Bertz CT molecular complexity index is 1200. The first-order valence-corrected chi connectivity index (χ1v) is 13.0. The first kappa shape index (κ1) is 26.5. The number of hydrogen-bond acceptors (Lipinski definition) is 5. The number of likely N-dealkylation sites (tertiary alicyclic amines) is 1. The number of hydrogen-bond donors (Lipinski definition) is 2. The van der Waals surface area contributed by atoms with Crippen molar-refractivity contribution in [2.24, 2.45) is 0 Å². The van der Waals surface area contributed by atoms with Crippen molar-refractivity contribution in [1.29, 1.82) is 0 Å². The van der Waals surface area contributed by atoms with Gasteiger partial charge in [-0.15, -0.1) is 0 Å². The predicted molar refractivity (Wildman–Crippen MR) is 145 cm³/mol. The third-order valence-corrected chi connectivity index (χ3v) is 6.55. The number of aliphatic hydroxyl groups excluding tert-OH is 1. The number of allylic oxidation sites excluding steroid dienone is 1. The van der Waals surface area contributed by atoms with Gasteiger partial charge in [0, 0.05) is 31.5 Å². The maximum absolute atomic E-state index is 12.5. The number of carbonyl (C=O) groups is 1. The molecule has 0 radical (unpaired) electrons. The molecule has 1 fully saturated rings. The summed E-state index contributed by atoms with van der Waals surface area (Å²) in [5, 5.41) is 24.2. The lowest BCUT2D eigenvalue weighted by molar-refractivity contribution is 0.0184. The number of phenolic OH excluding ortho intramolecular Hbond substituents is 1. The van der Waals surface area contributed by atoms with E-state index in [9.17, 15) is 15.0 Å². The third kappa shape index (κ3) is 6.80. The molecule has 2 heterocycles. The molecule has 1 aliphatic rings. The Morgan fingerprint density at radius 3 is 2.30 bits per heavy atom. The van der Waals surface area contributed by atoms with Crippen LogP contribution in [0, 0.1) is 0 Å². The van der Waals surface area contributed by atoms with Gasteiger partial charge in [-0.25, -0.2) is 4.79 Å². The molecule has 7 heteroatoms. The molecular weight excluding hydrogens is 466 g/mol. The average Bonchev–Trinajstić information content (AvgIpc) is 3.37. The van der Waals surface area contributed by atoms with Gasteiger partial charge in [-0.3, -0.25) is 4.68 Å². The van der Waals surface area contributed by atoms with Crippen molar-refractivity contribution < 1.29 is 19.7 Å². The molecule has 7 nitrogen and oxygen atoms in total. The molecule has 0 saturated carbocycles. The molecule has 37 heavy (non-hydrogen) atoms. The van der Waals surface area contributed by atoms with Crippen molar-refractivity contribution in [3.8, 4) is 5.75 Å². The van der Waals surface area contributed by atoms with Crippen molar-refractivity contribution in [2.45, 2.75) is 58.1 Å². The predicted octanol–water partition coefficient (Wildman–Crippen LogP) is 5.89. The molecule has 2 N–H and O–H groups in total. The molecule has 2 aromatic carbocycles. The fourth-order valence-corrected chi connectivity index (χ4v) is 4.76. The lowest BCUT2D eigenvalue weighted by Gasteiger charge is -2.33. The highest BCUT2D eigenvalue weighted by Gasteiger charge is 2.28. The normalized spacial score (nSPS) is 15.4. The Morgan fingerprint density at radius 2 is 1.68 bits per heavy atom. The van der Waals surface area contributed by atoms with E-state index in [0.717, 1.165) is 40.7 Å². The Kier molecular flexibility index (Phi) is 8.34. The molecule has 4 rings (SSSR count). The lowest BCUT2D eigenvalue weighted by Crippen LogP contribution is -2.42. The molecule has 0 atom stereocenters. The zero-order valence-corrected chi connectivity index (χ0v) is 21.9. The van der Waals surface area contributed by atoms with Crippen molar-refractivity contribution in [3.63, 3.8) is 0 Å². The Labute approximate surface area is 219 Å². The van der Waals surface area contributed by atoms with Crippen LogP contribution in [0.15, 0.2) is 67.0 Å². The summed E-state index contributed by atoms with van der Waals surface area (Å²) in [6, 6.07) is 17.6. The summed E-state index contributed by atoms with van der Waals surface area (Å²) in [7, 11) is 0. The van der Waals surface area contributed by atoms with Gasteiger partial charge in [0.15, 0.2) is 0 Å². The van der Waals surface area contributed by atoms with Gasteiger partial charge in [-0.05, 0) is 80.9 Å². The topological polar surface area (TPSA) is 87.8 Å². The van der Waals surface area contributed by atoms with Crippen LogP contribution < -0.4 is 0 Å². The van der Waals surface area contributed by atoms with Crippen molar-refractivity contribution in [3.05, 3.63) is 83.7 Å². The van der Waals surface area contributed by atoms with E-state index in [4.69, 9.17) is 9.84 Å². The van der Waals surface area contributed by atoms with Crippen LogP contribution in [0.1, 0.15) is 69.2 Å². The molecule has 1 aromatic heterocycles. The monoisotopic (exact) mass is 503 g/mol. The van der Waals surface area contributed by atoms with Crippen molar-refractivity contribution in [1.82, 2.24) is 14.7 Å². The maximum atomic E-state index is 12.5. The van der Waals surface area contributed by atoms with Crippen LogP contribution in [0.3, 0.4) is 0 Å². The highest BCUT2D eigenvalue weighted by molar-refractivity contribution is 5.98. The van der Waals surface area contributed by atoms with Gasteiger partial charge in [0.05, 0.1) is 12.2 Å². The Morgan fingerprint density at radius 1 is 1.00 bits per heavy atom. The summed E-state index contributed by atoms with van der Waals surface area (Å²) < 4.78 is 7.55. The fraction of sp³-hybridized carbons (Fsp3) is 0.400. The summed E-state index contributed by atoms with van der Waals surface area (Å²) in [6.45, 7) is 7.00. The molecular formula is C30H37N3O4. The number of piperidine rings is 1. The van der Waals surface area contributed by atoms with Crippen LogP contribution in [-0.4, -0.2) is 56.3 Å². The number of benzene rings is 2. The Hall–Kier alpha value is -3.58. The van der Waals surface area contributed by atoms with Gasteiger partial charge in [0.1, 0.15) is 11.4 Å². The first-order valence-electron chi connectivity index (χ1n) is 13.0. The van der Waals surface area contributed by atoms with E-state index in [1.807, 2.05) is 62.0 Å². The molecule has 1 saturated heterocycles. The van der Waals surface area contributed by atoms with Crippen LogP contribution >= 0.6 is 0 Å². The number of phenols is 1. The summed E-state index contributed by atoms with van der Waals surface area (Å²) in [5.74, 6) is 0.215. The number of amides is 1. The third-order valence-electron chi connectivity index (χ3n) is 6.55. The SMILES string of the molecule is CC(C)(C)OC(=O)N1CCC(n2cc(/C(=C(/CCCO)c3ccccc3)c3ccc(O)cc3)cn2)CC1. The minimum atomic E-state index is -0.506. The zero-order chi connectivity index (χ0) is 26.4. The van der Waals surface area contributed by atoms with Gasteiger partial charge in [-0.1, -0.05) is 42.5 Å². The number of ether oxygens (including phenoxy) is 1. The second-order valence-corrected chi connectivity index (χ2v) is 10.5.